The van der Waals surface area contributed by atoms with Gasteiger partial charge >= 0.3 is 0 Å². The maximum Gasteiger partial charge on any atom is 0.264 e. The second kappa shape index (κ2) is 6.98. The zero-order chi connectivity index (χ0) is 17.2. The molecule has 4 heteroatoms. The van der Waals surface area contributed by atoms with E-state index >= 15 is 0 Å². The summed E-state index contributed by atoms with van der Waals surface area (Å²) in [7, 11) is -3.55. The monoisotopic (exact) mass is 343 g/mol. The number of hydrogen-bond acceptors (Lipinski definition) is 2. The van der Waals surface area contributed by atoms with Gasteiger partial charge in [0.25, 0.3) is 10.0 Å². The number of hydrogen-bond donors (Lipinski definition) is 0. The van der Waals surface area contributed by atoms with Gasteiger partial charge in [-0.1, -0.05) is 54.7 Å². The van der Waals surface area contributed by atoms with E-state index in [4.69, 9.17) is 0 Å². The molecule has 0 saturated heterocycles. The molecular formula is C20H25NO2S. The molecule has 0 spiro atoms. The van der Waals surface area contributed by atoms with Crippen LogP contribution in [-0.2, 0) is 10.0 Å². The lowest BCUT2D eigenvalue weighted by molar-refractivity contribution is 0.438. The van der Waals surface area contributed by atoms with Crippen molar-refractivity contribution in [3.05, 3.63) is 59.7 Å². The van der Waals surface area contributed by atoms with E-state index in [1.807, 2.05) is 50.2 Å². The van der Waals surface area contributed by atoms with E-state index in [0.717, 1.165) is 42.5 Å². The maximum absolute atomic E-state index is 13.4. The number of sulfonamides is 1. The van der Waals surface area contributed by atoms with E-state index < -0.39 is 10.0 Å². The third kappa shape index (κ3) is 3.48. The first-order valence-electron chi connectivity index (χ1n) is 8.66. The highest BCUT2D eigenvalue weighted by atomic mass is 32.2. The van der Waals surface area contributed by atoms with Crippen LogP contribution in [0.15, 0.2) is 53.4 Å². The lowest BCUT2D eigenvalue weighted by Crippen LogP contribution is -2.41. The quantitative estimate of drug-likeness (QED) is 0.797. The van der Waals surface area contributed by atoms with E-state index in [2.05, 4.69) is 0 Å². The van der Waals surface area contributed by atoms with Crippen molar-refractivity contribution < 1.29 is 8.42 Å². The van der Waals surface area contributed by atoms with Crippen LogP contribution in [0.3, 0.4) is 0 Å². The van der Waals surface area contributed by atoms with Crippen LogP contribution in [0.4, 0.5) is 5.69 Å². The first kappa shape index (κ1) is 17.0. The molecule has 128 valence electrons. The number of rotatable bonds is 4. The Labute approximate surface area is 145 Å². The highest BCUT2D eigenvalue weighted by molar-refractivity contribution is 7.92. The van der Waals surface area contributed by atoms with Crippen molar-refractivity contribution in [3.8, 4) is 0 Å². The highest BCUT2D eigenvalue weighted by Gasteiger charge is 2.32. The van der Waals surface area contributed by atoms with Gasteiger partial charge in [-0.15, -0.1) is 0 Å². The summed E-state index contributed by atoms with van der Waals surface area (Å²) in [5.41, 5.74) is 2.97. The van der Waals surface area contributed by atoms with Gasteiger partial charge in [0.05, 0.1) is 10.6 Å². The van der Waals surface area contributed by atoms with Crippen LogP contribution in [0.5, 0.6) is 0 Å². The normalized spacial score (nSPS) is 16.1. The Hall–Kier alpha value is -1.81. The van der Waals surface area contributed by atoms with Crippen LogP contribution in [0.1, 0.15) is 43.2 Å². The van der Waals surface area contributed by atoms with Crippen molar-refractivity contribution in [2.45, 2.75) is 56.9 Å². The van der Waals surface area contributed by atoms with Crippen LogP contribution in [-0.4, -0.2) is 14.5 Å². The SMILES string of the molecule is Cc1ccc(N(C2CCCCC2)S(=O)(=O)c2ccc(C)cc2)cc1. The van der Waals surface area contributed by atoms with Crippen molar-refractivity contribution in [3.63, 3.8) is 0 Å². The lowest BCUT2D eigenvalue weighted by Gasteiger charge is -2.35. The summed E-state index contributed by atoms with van der Waals surface area (Å²) >= 11 is 0. The maximum atomic E-state index is 13.4. The molecule has 0 amide bonds. The van der Waals surface area contributed by atoms with Crippen molar-refractivity contribution in [2.24, 2.45) is 0 Å². The Morgan fingerprint density at radius 2 is 1.29 bits per heavy atom. The van der Waals surface area contributed by atoms with Crippen LogP contribution in [0, 0.1) is 13.8 Å². The zero-order valence-electron chi connectivity index (χ0n) is 14.4. The van der Waals surface area contributed by atoms with Crippen LogP contribution in [0.25, 0.3) is 0 Å². The molecule has 1 aliphatic rings. The smallest absolute Gasteiger partial charge is 0.263 e. The molecule has 1 saturated carbocycles. The summed E-state index contributed by atoms with van der Waals surface area (Å²) in [4.78, 5) is 0.374. The number of anilines is 1. The second-order valence-electron chi connectivity index (χ2n) is 6.74. The summed E-state index contributed by atoms with van der Waals surface area (Å²) in [6.45, 7) is 3.98. The molecule has 0 atom stereocenters. The van der Waals surface area contributed by atoms with E-state index in [1.54, 1.807) is 16.4 Å². The van der Waals surface area contributed by atoms with E-state index in [-0.39, 0.29) is 6.04 Å². The fourth-order valence-corrected chi connectivity index (χ4v) is 5.09. The minimum absolute atomic E-state index is 0.0489. The Morgan fingerprint density at radius 3 is 1.83 bits per heavy atom. The summed E-state index contributed by atoms with van der Waals surface area (Å²) in [6.07, 6.45) is 5.24. The summed E-state index contributed by atoms with van der Waals surface area (Å²) in [5.74, 6) is 0. The van der Waals surface area contributed by atoms with Gasteiger partial charge < -0.3 is 0 Å². The number of aryl methyl sites for hydroxylation is 2. The highest BCUT2D eigenvalue weighted by Crippen LogP contribution is 2.32. The van der Waals surface area contributed by atoms with Gasteiger partial charge in [-0.3, -0.25) is 4.31 Å². The minimum atomic E-state index is -3.55. The van der Waals surface area contributed by atoms with Crippen molar-refractivity contribution in [2.75, 3.05) is 4.31 Å². The van der Waals surface area contributed by atoms with Crippen LogP contribution in [0.2, 0.25) is 0 Å². The molecule has 0 aromatic heterocycles. The molecule has 0 aliphatic heterocycles. The van der Waals surface area contributed by atoms with Crippen LogP contribution >= 0.6 is 0 Å². The lowest BCUT2D eigenvalue weighted by atomic mass is 9.95. The third-order valence-corrected chi connectivity index (χ3v) is 6.67. The van der Waals surface area contributed by atoms with E-state index in [1.165, 1.54) is 6.42 Å². The van der Waals surface area contributed by atoms with Crippen molar-refractivity contribution in [1.82, 2.24) is 0 Å². The van der Waals surface area contributed by atoms with Crippen molar-refractivity contribution in [1.29, 1.82) is 0 Å². The summed E-state index contributed by atoms with van der Waals surface area (Å²) in [6, 6.07) is 15.0. The van der Waals surface area contributed by atoms with Gasteiger partial charge in [-0.25, -0.2) is 8.42 Å². The Bertz CT molecular complexity index is 773. The fraction of sp³-hybridized carbons (Fsp3) is 0.400. The molecule has 0 bridgehead atoms. The van der Waals surface area contributed by atoms with Gasteiger partial charge in [0.2, 0.25) is 0 Å². The topological polar surface area (TPSA) is 37.4 Å². The zero-order valence-corrected chi connectivity index (χ0v) is 15.2. The number of nitrogens with zero attached hydrogens (tertiary/aromatic N) is 1. The first-order chi connectivity index (χ1) is 11.5. The largest absolute Gasteiger partial charge is 0.264 e. The molecule has 0 unspecified atom stereocenters. The molecule has 1 fully saturated rings. The average Bonchev–Trinajstić information content (AvgIpc) is 2.58. The van der Waals surface area contributed by atoms with Crippen LogP contribution < -0.4 is 4.31 Å². The molecule has 0 N–H and O–H groups in total. The van der Waals surface area contributed by atoms with Gasteiger partial charge in [0, 0.05) is 6.04 Å². The Balaban J connectivity index is 2.05. The molecule has 24 heavy (non-hydrogen) atoms. The molecule has 1 aliphatic carbocycles. The molecule has 2 aromatic carbocycles. The molecule has 2 aromatic rings. The van der Waals surface area contributed by atoms with Gasteiger partial charge in [-0.05, 0) is 51.0 Å². The summed E-state index contributed by atoms with van der Waals surface area (Å²) < 4.78 is 28.4. The molecule has 0 radical (unpaired) electrons. The van der Waals surface area contributed by atoms with Gasteiger partial charge in [0.15, 0.2) is 0 Å². The predicted octanol–water partition coefficient (Wildman–Crippen LogP) is 4.83. The molecular weight excluding hydrogens is 318 g/mol. The van der Waals surface area contributed by atoms with Gasteiger partial charge in [0.1, 0.15) is 0 Å². The van der Waals surface area contributed by atoms with E-state index in [9.17, 15) is 8.42 Å². The fourth-order valence-electron chi connectivity index (χ4n) is 3.38. The summed E-state index contributed by atoms with van der Waals surface area (Å²) in [5, 5.41) is 0. The molecule has 3 rings (SSSR count). The third-order valence-electron chi connectivity index (χ3n) is 4.77. The molecule has 3 nitrogen and oxygen atoms in total. The average molecular weight is 343 g/mol. The number of benzene rings is 2. The van der Waals surface area contributed by atoms with Crippen molar-refractivity contribution >= 4 is 15.7 Å². The Morgan fingerprint density at radius 1 is 0.792 bits per heavy atom. The van der Waals surface area contributed by atoms with E-state index in [0.29, 0.717) is 4.90 Å². The molecule has 0 heterocycles. The second-order valence-corrected chi connectivity index (χ2v) is 8.56. The predicted molar refractivity (Wildman–Crippen MR) is 98.9 cm³/mol. The minimum Gasteiger partial charge on any atom is -0.263 e. The first-order valence-corrected chi connectivity index (χ1v) is 10.1. The van der Waals surface area contributed by atoms with Gasteiger partial charge in [-0.2, -0.15) is 0 Å². The standard InChI is InChI=1S/C20H25NO2S/c1-16-8-12-19(13-9-16)21(18-6-4-3-5-7-18)24(22,23)20-14-10-17(2)11-15-20/h8-15,18H,3-7H2,1-2H3. The Kier molecular flexibility index (Phi) is 4.95.